The summed E-state index contributed by atoms with van der Waals surface area (Å²) in [4.78, 5) is 10.8. The summed E-state index contributed by atoms with van der Waals surface area (Å²) >= 11 is 0. The zero-order valence-corrected chi connectivity index (χ0v) is 7.43. The molecule has 0 saturated heterocycles. The largest absolute Gasteiger partial charge is 0.449 e. The first-order chi connectivity index (χ1) is 5.81. The van der Waals surface area contributed by atoms with E-state index in [2.05, 4.69) is 18.2 Å². The molecule has 1 N–H and O–H groups in total. The van der Waals surface area contributed by atoms with E-state index in [1.54, 1.807) is 0 Å². The molecule has 0 spiro atoms. The predicted molar refractivity (Wildman–Crippen MR) is 47.7 cm³/mol. The summed E-state index contributed by atoms with van der Waals surface area (Å²) in [5, 5.41) is 2.61. The molecule has 3 nitrogen and oxygen atoms in total. The molecule has 0 aliphatic carbocycles. The van der Waals surface area contributed by atoms with Crippen LogP contribution in [0.15, 0.2) is 0 Å². The number of hydrogen-bond donors (Lipinski definition) is 1. The molecule has 3 heteroatoms. The number of ether oxygens (including phenoxy) is 1. The van der Waals surface area contributed by atoms with E-state index in [4.69, 9.17) is 11.2 Å². The van der Waals surface area contributed by atoms with Gasteiger partial charge in [0.05, 0.1) is 0 Å². The molecule has 0 radical (unpaired) electrons. The summed E-state index contributed by atoms with van der Waals surface area (Å²) in [5.74, 6) is 2.39. The van der Waals surface area contributed by atoms with E-state index < -0.39 is 0 Å². The number of unbranched alkanes of at least 4 members (excludes halogenated alkanes) is 1. The fraction of sp³-hybridized carbons (Fsp3) is 0.667. The van der Waals surface area contributed by atoms with Crippen molar-refractivity contribution < 1.29 is 9.53 Å². The van der Waals surface area contributed by atoms with Crippen LogP contribution in [0.25, 0.3) is 0 Å². The van der Waals surface area contributed by atoms with E-state index in [0.29, 0.717) is 19.6 Å². The Hall–Kier alpha value is -1.17. The van der Waals surface area contributed by atoms with E-state index in [9.17, 15) is 4.79 Å². The van der Waals surface area contributed by atoms with Gasteiger partial charge in [0.2, 0.25) is 0 Å². The standard InChI is InChI=1S/C9H15NO2/c1-3-5-7-10-9(11)12-8-6-4-2/h2H,3,5-8H2,1H3,(H,10,11). The highest BCUT2D eigenvalue weighted by atomic mass is 16.5. The molecule has 0 fully saturated rings. The van der Waals surface area contributed by atoms with Crippen molar-refractivity contribution in [3.8, 4) is 12.3 Å². The summed E-state index contributed by atoms with van der Waals surface area (Å²) in [7, 11) is 0. The lowest BCUT2D eigenvalue weighted by Gasteiger charge is -2.03. The van der Waals surface area contributed by atoms with Gasteiger partial charge in [-0.3, -0.25) is 0 Å². The number of hydrogen-bond acceptors (Lipinski definition) is 2. The molecule has 0 aliphatic heterocycles. The minimum absolute atomic E-state index is 0.300. The van der Waals surface area contributed by atoms with Crippen LogP contribution in [-0.2, 0) is 4.74 Å². The van der Waals surface area contributed by atoms with E-state index in [-0.39, 0.29) is 6.09 Å². The van der Waals surface area contributed by atoms with Gasteiger partial charge < -0.3 is 10.1 Å². The average Bonchev–Trinajstić information content (AvgIpc) is 2.06. The van der Waals surface area contributed by atoms with Crippen LogP contribution in [0.2, 0.25) is 0 Å². The Balaban J connectivity index is 3.17. The van der Waals surface area contributed by atoms with Gasteiger partial charge in [0, 0.05) is 13.0 Å². The Morgan fingerprint density at radius 3 is 3.00 bits per heavy atom. The number of alkyl carbamates (subject to hydrolysis) is 1. The average molecular weight is 169 g/mol. The van der Waals surface area contributed by atoms with Gasteiger partial charge in [-0.1, -0.05) is 13.3 Å². The molecule has 0 aromatic heterocycles. The fourth-order valence-electron chi connectivity index (χ4n) is 0.621. The molecule has 0 atom stereocenters. The highest BCUT2D eigenvalue weighted by Gasteiger charge is 1.97. The van der Waals surface area contributed by atoms with Crippen molar-refractivity contribution in [2.24, 2.45) is 0 Å². The first-order valence-corrected chi connectivity index (χ1v) is 4.15. The number of amides is 1. The van der Waals surface area contributed by atoms with Gasteiger partial charge in [-0.05, 0) is 6.42 Å². The second-order valence-corrected chi connectivity index (χ2v) is 2.37. The predicted octanol–water partition coefficient (Wildman–Crippen LogP) is 1.54. The van der Waals surface area contributed by atoms with Gasteiger partial charge in [-0.15, -0.1) is 12.3 Å². The zero-order valence-electron chi connectivity index (χ0n) is 7.43. The highest BCUT2D eigenvalue weighted by molar-refractivity contribution is 5.66. The maximum Gasteiger partial charge on any atom is 0.407 e. The summed E-state index contributed by atoms with van der Waals surface area (Å²) in [6, 6.07) is 0. The molecule has 1 amide bonds. The molecule has 0 aliphatic rings. The maximum absolute atomic E-state index is 10.8. The fourth-order valence-corrected chi connectivity index (χ4v) is 0.621. The topological polar surface area (TPSA) is 38.3 Å². The Bertz CT molecular complexity index is 160. The smallest absolute Gasteiger partial charge is 0.407 e. The van der Waals surface area contributed by atoms with Gasteiger partial charge >= 0.3 is 6.09 Å². The lowest BCUT2D eigenvalue weighted by atomic mass is 10.3. The molecule has 0 aromatic carbocycles. The maximum atomic E-state index is 10.8. The zero-order chi connectivity index (χ0) is 9.23. The highest BCUT2D eigenvalue weighted by Crippen LogP contribution is 1.85. The van der Waals surface area contributed by atoms with Crippen LogP contribution in [0.3, 0.4) is 0 Å². The normalized spacial score (nSPS) is 8.67. The Morgan fingerprint density at radius 2 is 2.42 bits per heavy atom. The molecule has 0 bridgehead atoms. The Kier molecular flexibility index (Phi) is 7.16. The SMILES string of the molecule is C#CCCOC(=O)NCCCC. The minimum atomic E-state index is -0.376. The van der Waals surface area contributed by atoms with Gasteiger partial charge in [-0.2, -0.15) is 0 Å². The number of nitrogens with one attached hydrogen (secondary N) is 1. The Morgan fingerprint density at radius 1 is 1.67 bits per heavy atom. The quantitative estimate of drug-likeness (QED) is 0.500. The third-order valence-corrected chi connectivity index (χ3v) is 1.28. The van der Waals surface area contributed by atoms with Crippen molar-refractivity contribution in [3.63, 3.8) is 0 Å². The lowest BCUT2D eigenvalue weighted by Crippen LogP contribution is -2.25. The molecule has 0 saturated carbocycles. The number of terminal acetylenes is 1. The van der Waals surface area contributed by atoms with Crippen molar-refractivity contribution in [1.29, 1.82) is 0 Å². The van der Waals surface area contributed by atoms with Gasteiger partial charge in [0.15, 0.2) is 0 Å². The van der Waals surface area contributed by atoms with Gasteiger partial charge in [0.25, 0.3) is 0 Å². The third kappa shape index (κ3) is 6.94. The van der Waals surface area contributed by atoms with Crippen LogP contribution < -0.4 is 5.32 Å². The van der Waals surface area contributed by atoms with Crippen molar-refractivity contribution in [1.82, 2.24) is 5.32 Å². The summed E-state index contributed by atoms with van der Waals surface area (Å²) < 4.78 is 4.74. The van der Waals surface area contributed by atoms with Crippen LogP contribution >= 0.6 is 0 Å². The first-order valence-electron chi connectivity index (χ1n) is 4.15. The van der Waals surface area contributed by atoms with E-state index >= 15 is 0 Å². The second-order valence-electron chi connectivity index (χ2n) is 2.37. The molecule has 0 aromatic rings. The molecule has 0 heterocycles. The van der Waals surface area contributed by atoms with E-state index in [0.717, 1.165) is 12.8 Å². The molecule has 68 valence electrons. The second kappa shape index (κ2) is 7.93. The number of carbonyl (C=O) groups excluding carboxylic acids is 1. The Labute approximate surface area is 73.5 Å². The third-order valence-electron chi connectivity index (χ3n) is 1.28. The van der Waals surface area contributed by atoms with Crippen LogP contribution in [0.5, 0.6) is 0 Å². The molecular weight excluding hydrogens is 154 g/mol. The molecule has 12 heavy (non-hydrogen) atoms. The minimum Gasteiger partial charge on any atom is -0.449 e. The van der Waals surface area contributed by atoms with Crippen LogP contribution in [0.1, 0.15) is 26.2 Å². The van der Waals surface area contributed by atoms with Crippen molar-refractivity contribution >= 4 is 6.09 Å². The summed E-state index contributed by atoms with van der Waals surface area (Å²) in [6.45, 7) is 3.03. The lowest BCUT2D eigenvalue weighted by molar-refractivity contribution is 0.148. The monoisotopic (exact) mass is 169 g/mol. The molecular formula is C9H15NO2. The van der Waals surface area contributed by atoms with Crippen LogP contribution in [0.4, 0.5) is 4.79 Å². The van der Waals surface area contributed by atoms with Crippen molar-refractivity contribution in [3.05, 3.63) is 0 Å². The van der Waals surface area contributed by atoms with Gasteiger partial charge in [0.1, 0.15) is 6.61 Å². The van der Waals surface area contributed by atoms with Crippen LogP contribution in [0, 0.1) is 12.3 Å². The van der Waals surface area contributed by atoms with Crippen molar-refractivity contribution in [2.75, 3.05) is 13.2 Å². The number of carbonyl (C=O) groups is 1. The molecule has 0 unspecified atom stereocenters. The van der Waals surface area contributed by atoms with Crippen molar-refractivity contribution in [2.45, 2.75) is 26.2 Å². The number of rotatable bonds is 5. The first kappa shape index (κ1) is 10.8. The summed E-state index contributed by atoms with van der Waals surface area (Å²) in [5.41, 5.74) is 0. The van der Waals surface area contributed by atoms with E-state index in [1.165, 1.54) is 0 Å². The van der Waals surface area contributed by atoms with Crippen LogP contribution in [-0.4, -0.2) is 19.2 Å². The summed E-state index contributed by atoms with van der Waals surface area (Å²) in [6.07, 6.45) is 7.11. The van der Waals surface area contributed by atoms with E-state index in [1.807, 2.05) is 0 Å². The van der Waals surface area contributed by atoms with Gasteiger partial charge in [-0.25, -0.2) is 4.79 Å². The molecule has 0 rings (SSSR count).